The van der Waals surface area contributed by atoms with Gasteiger partial charge in [-0.1, -0.05) is 58.0 Å². The maximum Gasteiger partial charge on any atom is 0.326 e. The number of hydrogen-bond donors (Lipinski definition) is 14. The third-order valence-electron chi connectivity index (χ3n) is 9.83. The van der Waals surface area contributed by atoms with Crippen molar-refractivity contribution in [3.63, 3.8) is 0 Å². The molecule has 16 N–H and O–H groups in total. The number of amides is 8. The van der Waals surface area contributed by atoms with Crippen LogP contribution < -0.4 is 54.0 Å². The van der Waals surface area contributed by atoms with E-state index in [-0.39, 0.29) is 37.5 Å². The monoisotopic (exact) mass is 923 g/mol. The second kappa shape index (κ2) is 29.6. The number of carbonyl (C=O) groups is 9. The van der Waals surface area contributed by atoms with Gasteiger partial charge in [0.15, 0.2) is 0 Å². The number of hydrogen-bond acceptors (Lipinski definition) is 14. The minimum atomic E-state index is -1.68. The molecule has 8 amide bonds. The van der Waals surface area contributed by atoms with E-state index in [1.807, 2.05) is 0 Å². The number of rotatable bonds is 30. The Balaban J connectivity index is 3.05. The first kappa shape index (κ1) is 57.3. The summed E-state index contributed by atoms with van der Waals surface area (Å²) >= 11 is 0. The van der Waals surface area contributed by atoms with Crippen molar-refractivity contribution in [3.8, 4) is 0 Å². The predicted molar refractivity (Wildman–Crippen MR) is 236 cm³/mol. The fourth-order valence-electron chi connectivity index (χ4n) is 6.14. The van der Waals surface area contributed by atoms with E-state index in [4.69, 9.17) is 11.5 Å². The molecule has 1 rings (SSSR count). The molecular weight excluding hydrogens is 853 g/mol. The molecule has 366 valence electrons. The Morgan fingerprint density at radius 1 is 0.492 bits per heavy atom. The van der Waals surface area contributed by atoms with Crippen LogP contribution in [0.5, 0.6) is 0 Å². The molecule has 0 spiro atoms. The van der Waals surface area contributed by atoms with Gasteiger partial charge in [-0.3, -0.25) is 38.4 Å². The van der Waals surface area contributed by atoms with Gasteiger partial charge in [-0.05, 0) is 69.9 Å². The van der Waals surface area contributed by atoms with Gasteiger partial charge in [0, 0.05) is 6.42 Å². The van der Waals surface area contributed by atoms with Crippen LogP contribution in [0.25, 0.3) is 0 Å². The van der Waals surface area contributed by atoms with Crippen LogP contribution in [0.2, 0.25) is 0 Å². The van der Waals surface area contributed by atoms with Crippen molar-refractivity contribution >= 4 is 53.2 Å². The van der Waals surface area contributed by atoms with Crippen LogP contribution in [0.1, 0.15) is 79.2 Å². The SMILES string of the molecule is CC(C)C[C@H](NC(=O)[C@H](CO)NC(=O)[C@H](CO)NC(=O)[C@H](CC(C)C)NC(=O)[C@H](C)NC(=O)[C@H](C)NC(=O)[C@H](CCCCN)NC(=O)[C@H](Cc1ccccc1)NC(=O)[C@@H](N)CO)C(=O)O. The van der Waals surface area contributed by atoms with Gasteiger partial charge in [0.1, 0.15) is 54.4 Å². The molecule has 0 aromatic heterocycles. The van der Waals surface area contributed by atoms with Gasteiger partial charge >= 0.3 is 5.97 Å². The first-order valence-corrected chi connectivity index (χ1v) is 21.6. The predicted octanol–water partition coefficient (Wildman–Crippen LogP) is -4.24. The van der Waals surface area contributed by atoms with E-state index in [0.29, 0.717) is 24.9 Å². The van der Waals surface area contributed by atoms with Gasteiger partial charge in [-0.2, -0.15) is 0 Å². The van der Waals surface area contributed by atoms with Crippen LogP contribution in [0.3, 0.4) is 0 Å². The number of nitrogens with one attached hydrogen (secondary N) is 8. The van der Waals surface area contributed by atoms with E-state index in [2.05, 4.69) is 42.5 Å². The van der Waals surface area contributed by atoms with Crippen LogP contribution in [0, 0.1) is 11.8 Å². The molecule has 23 nitrogen and oxygen atoms in total. The molecule has 0 aliphatic carbocycles. The average molecular weight is 923 g/mol. The Kier molecular flexibility index (Phi) is 26.1. The van der Waals surface area contributed by atoms with Crippen LogP contribution in [-0.2, 0) is 49.6 Å². The van der Waals surface area contributed by atoms with Crippen molar-refractivity contribution in [3.05, 3.63) is 35.9 Å². The number of aliphatic hydroxyl groups is 3. The Labute approximate surface area is 378 Å². The second-order valence-corrected chi connectivity index (χ2v) is 16.6. The molecule has 0 saturated carbocycles. The first-order chi connectivity index (χ1) is 30.6. The van der Waals surface area contributed by atoms with E-state index in [0.717, 1.165) is 0 Å². The minimum absolute atomic E-state index is 0.0191. The molecule has 0 aliphatic rings. The highest BCUT2D eigenvalue weighted by Gasteiger charge is 2.34. The zero-order valence-corrected chi connectivity index (χ0v) is 37.9. The Bertz CT molecular complexity index is 1740. The summed E-state index contributed by atoms with van der Waals surface area (Å²) in [7, 11) is 0. The summed E-state index contributed by atoms with van der Waals surface area (Å²) < 4.78 is 0. The molecule has 0 heterocycles. The smallest absolute Gasteiger partial charge is 0.326 e. The van der Waals surface area contributed by atoms with Crippen molar-refractivity contribution in [1.82, 2.24) is 42.5 Å². The highest BCUT2D eigenvalue weighted by atomic mass is 16.4. The van der Waals surface area contributed by atoms with Gasteiger partial charge in [-0.25, -0.2) is 4.79 Å². The van der Waals surface area contributed by atoms with E-state index in [1.165, 1.54) is 13.8 Å². The molecule has 0 bridgehead atoms. The van der Waals surface area contributed by atoms with Gasteiger partial charge < -0.3 is 74.4 Å². The van der Waals surface area contributed by atoms with Crippen molar-refractivity contribution in [2.45, 2.75) is 134 Å². The van der Waals surface area contributed by atoms with Crippen molar-refractivity contribution in [2.24, 2.45) is 23.3 Å². The molecule has 65 heavy (non-hydrogen) atoms. The molecular formula is C42H70N10O13. The van der Waals surface area contributed by atoms with Gasteiger partial charge in [-0.15, -0.1) is 0 Å². The second-order valence-electron chi connectivity index (χ2n) is 16.6. The maximum absolute atomic E-state index is 13.6. The number of aliphatic hydroxyl groups excluding tert-OH is 3. The fourth-order valence-corrected chi connectivity index (χ4v) is 6.14. The molecule has 0 radical (unpaired) electrons. The summed E-state index contributed by atoms with van der Waals surface area (Å²) in [6, 6.07) is -3.49. The number of aliphatic carboxylic acids is 1. The summed E-state index contributed by atoms with van der Waals surface area (Å²) in [6.45, 7) is 7.31. The normalized spacial score (nSPS) is 15.3. The highest BCUT2D eigenvalue weighted by Crippen LogP contribution is 2.10. The Hall–Kier alpha value is -5.75. The zero-order valence-electron chi connectivity index (χ0n) is 37.9. The summed E-state index contributed by atoms with van der Waals surface area (Å²) in [6.07, 6.45) is 1.11. The van der Waals surface area contributed by atoms with Crippen molar-refractivity contribution in [1.29, 1.82) is 0 Å². The number of benzene rings is 1. The van der Waals surface area contributed by atoms with E-state index >= 15 is 0 Å². The number of unbranched alkanes of at least 4 members (excludes halogenated alkanes) is 1. The van der Waals surface area contributed by atoms with Gasteiger partial charge in [0.25, 0.3) is 0 Å². The Morgan fingerprint density at radius 3 is 1.37 bits per heavy atom. The maximum atomic E-state index is 13.6. The number of carboxylic acid groups (broad SMARTS) is 1. The van der Waals surface area contributed by atoms with E-state index < -0.39 is 127 Å². The van der Waals surface area contributed by atoms with Crippen LogP contribution in [0.15, 0.2) is 30.3 Å². The van der Waals surface area contributed by atoms with E-state index in [9.17, 15) is 63.6 Å². The van der Waals surface area contributed by atoms with Crippen LogP contribution in [-0.4, -0.2) is 154 Å². The van der Waals surface area contributed by atoms with Gasteiger partial charge in [0.2, 0.25) is 47.3 Å². The highest BCUT2D eigenvalue weighted by molar-refractivity contribution is 5.98. The topological polar surface area (TPSA) is 383 Å². The molecule has 23 heteroatoms. The first-order valence-electron chi connectivity index (χ1n) is 21.6. The molecule has 0 unspecified atom stereocenters. The minimum Gasteiger partial charge on any atom is -0.480 e. The van der Waals surface area contributed by atoms with Gasteiger partial charge in [0.05, 0.1) is 19.8 Å². The number of nitrogens with two attached hydrogens (primary N) is 2. The lowest BCUT2D eigenvalue weighted by atomic mass is 10.0. The van der Waals surface area contributed by atoms with Crippen LogP contribution in [0.4, 0.5) is 0 Å². The molecule has 1 aromatic carbocycles. The third kappa shape index (κ3) is 21.2. The number of carboxylic acids is 1. The summed E-state index contributed by atoms with van der Waals surface area (Å²) in [5.74, 6) is -8.63. The Morgan fingerprint density at radius 2 is 0.892 bits per heavy atom. The molecule has 0 fully saturated rings. The lowest BCUT2D eigenvalue weighted by molar-refractivity contribution is -0.143. The largest absolute Gasteiger partial charge is 0.480 e. The lowest BCUT2D eigenvalue weighted by Crippen LogP contribution is -2.60. The summed E-state index contributed by atoms with van der Waals surface area (Å²) in [5.41, 5.74) is 12.0. The summed E-state index contributed by atoms with van der Waals surface area (Å²) in [4.78, 5) is 117. The van der Waals surface area contributed by atoms with Crippen LogP contribution >= 0.6 is 0 Å². The quantitative estimate of drug-likeness (QED) is 0.0325. The molecule has 0 aliphatic heterocycles. The zero-order chi connectivity index (χ0) is 49.4. The lowest BCUT2D eigenvalue weighted by Gasteiger charge is -2.27. The standard InChI is InChI=1S/C42H70N10O13/c1-22(2)16-29(38(60)51-33(21-55)41(63)52-32(20-54)40(62)50-31(42(64)65)17-23(3)4)48-35(57)25(6)45-34(56)24(5)46-37(59)28(14-10-11-15-43)47-39(61)30(49-36(58)27(44)19-53)18-26-12-8-7-9-13-26/h7-9,12-13,22-25,27-33,53-55H,10-11,14-21,43-44H2,1-6H3,(H,45,56)(H,46,59)(H,47,61)(H,48,57)(H,49,58)(H,50,62)(H,51,60)(H,52,63)(H,64,65)/t24-,25-,27-,28-,29-,30-,31-,32-,33-/m0/s1. The molecule has 9 atom stereocenters. The van der Waals surface area contributed by atoms with Crippen molar-refractivity contribution in [2.75, 3.05) is 26.4 Å². The average Bonchev–Trinajstić information content (AvgIpc) is 3.25. The fraction of sp³-hybridized carbons (Fsp3) is 0.643. The molecule has 0 saturated heterocycles. The van der Waals surface area contributed by atoms with E-state index in [1.54, 1.807) is 58.0 Å². The van der Waals surface area contributed by atoms with Crippen molar-refractivity contribution < 1.29 is 63.6 Å². The third-order valence-corrected chi connectivity index (χ3v) is 9.83. The number of carbonyl (C=O) groups excluding carboxylic acids is 8. The summed E-state index contributed by atoms with van der Waals surface area (Å²) in [5, 5.41) is 57.9. The molecule has 1 aromatic rings.